The summed E-state index contributed by atoms with van der Waals surface area (Å²) in [4.78, 5) is 31.2. The summed E-state index contributed by atoms with van der Waals surface area (Å²) in [6, 6.07) is 12.4. The minimum atomic E-state index is -0.816. The molecule has 3 aromatic rings. The van der Waals surface area contributed by atoms with Gasteiger partial charge in [-0.2, -0.15) is 0 Å². The molecule has 7 heteroatoms. The van der Waals surface area contributed by atoms with Crippen LogP contribution in [0.15, 0.2) is 63.1 Å². The van der Waals surface area contributed by atoms with Gasteiger partial charge >= 0.3 is 5.69 Å². The normalized spacial score (nSPS) is 14.3. The maximum atomic E-state index is 13.2. The van der Waals surface area contributed by atoms with Crippen molar-refractivity contribution in [2.75, 3.05) is 0 Å². The first kappa shape index (κ1) is 16.7. The van der Waals surface area contributed by atoms with E-state index in [0.29, 0.717) is 11.3 Å². The van der Waals surface area contributed by atoms with E-state index in [1.165, 1.54) is 18.2 Å². The Labute approximate surface area is 152 Å². The van der Waals surface area contributed by atoms with Gasteiger partial charge in [-0.25, -0.2) is 13.8 Å². The highest BCUT2D eigenvalue weighted by molar-refractivity contribution is 6.31. The first-order valence-corrected chi connectivity index (χ1v) is 8.16. The van der Waals surface area contributed by atoms with E-state index >= 15 is 0 Å². The van der Waals surface area contributed by atoms with Crippen molar-refractivity contribution in [2.24, 2.45) is 4.99 Å². The summed E-state index contributed by atoms with van der Waals surface area (Å²) in [5.74, 6) is -1.01. The average Bonchev–Trinajstić information content (AvgIpc) is 2.95. The van der Waals surface area contributed by atoms with Gasteiger partial charge in [-0.3, -0.25) is 14.8 Å². The van der Waals surface area contributed by atoms with Crippen LogP contribution in [0.5, 0.6) is 5.88 Å². The van der Waals surface area contributed by atoms with Gasteiger partial charge in [0.2, 0.25) is 5.88 Å². The SMILES string of the molecule is CC1=Nc2ccccc2C1=Cc1c(O)n(-c2ccc(F)cc2)c(=O)[nH]c1=O. The number of aromatic hydroxyl groups is 1. The van der Waals surface area contributed by atoms with Crippen LogP contribution in [0.2, 0.25) is 0 Å². The van der Waals surface area contributed by atoms with Crippen LogP contribution in [0.25, 0.3) is 17.3 Å². The summed E-state index contributed by atoms with van der Waals surface area (Å²) in [6.45, 7) is 1.80. The Bertz CT molecular complexity index is 1230. The van der Waals surface area contributed by atoms with Crippen LogP contribution in [0.3, 0.4) is 0 Å². The summed E-state index contributed by atoms with van der Waals surface area (Å²) in [7, 11) is 0. The number of rotatable bonds is 2. The lowest BCUT2D eigenvalue weighted by atomic mass is 10.0. The van der Waals surface area contributed by atoms with Crippen molar-refractivity contribution in [3.8, 4) is 11.6 Å². The van der Waals surface area contributed by atoms with Gasteiger partial charge in [0.05, 0.1) is 11.4 Å². The topological polar surface area (TPSA) is 87.4 Å². The quantitative estimate of drug-likeness (QED) is 0.734. The lowest BCUT2D eigenvalue weighted by molar-refractivity contribution is 0.429. The third-order valence-electron chi connectivity index (χ3n) is 4.37. The Morgan fingerprint density at radius 3 is 2.56 bits per heavy atom. The van der Waals surface area contributed by atoms with E-state index in [1.807, 2.05) is 24.3 Å². The number of nitrogens with one attached hydrogen (secondary N) is 1. The van der Waals surface area contributed by atoms with Crippen LogP contribution in [0.1, 0.15) is 18.1 Å². The third kappa shape index (κ3) is 2.79. The minimum Gasteiger partial charge on any atom is -0.494 e. The van der Waals surface area contributed by atoms with Crippen LogP contribution >= 0.6 is 0 Å². The van der Waals surface area contributed by atoms with Gasteiger partial charge in [0.15, 0.2) is 0 Å². The molecule has 0 saturated heterocycles. The summed E-state index contributed by atoms with van der Waals surface area (Å²) < 4.78 is 14.1. The fourth-order valence-corrected chi connectivity index (χ4v) is 3.06. The first-order chi connectivity index (χ1) is 13.0. The molecule has 0 atom stereocenters. The molecule has 0 amide bonds. The highest BCUT2D eigenvalue weighted by Crippen LogP contribution is 2.36. The van der Waals surface area contributed by atoms with Gasteiger partial charge in [-0.1, -0.05) is 18.2 Å². The van der Waals surface area contributed by atoms with E-state index in [4.69, 9.17) is 0 Å². The molecule has 1 aliphatic rings. The zero-order valence-corrected chi connectivity index (χ0v) is 14.2. The number of hydrogen-bond acceptors (Lipinski definition) is 4. The molecule has 2 heterocycles. The maximum absolute atomic E-state index is 13.2. The molecule has 134 valence electrons. The van der Waals surface area contributed by atoms with E-state index in [-0.39, 0.29) is 11.3 Å². The number of aromatic amines is 1. The van der Waals surface area contributed by atoms with Crippen molar-refractivity contribution in [3.63, 3.8) is 0 Å². The molecule has 0 aliphatic carbocycles. The van der Waals surface area contributed by atoms with E-state index in [0.717, 1.165) is 28.0 Å². The summed E-state index contributed by atoms with van der Waals surface area (Å²) in [6.07, 6.45) is 1.50. The number of halogens is 1. The zero-order chi connectivity index (χ0) is 19.1. The molecule has 1 aliphatic heterocycles. The van der Waals surface area contributed by atoms with Crippen LogP contribution in [0.4, 0.5) is 10.1 Å². The van der Waals surface area contributed by atoms with Gasteiger partial charge in [-0.05, 0) is 43.3 Å². The fourth-order valence-electron chi connectivity index (χ4n) is 3.06. The second-order valence-electron chi connectivity index (χ2n) is 6.08. The molecule has 6 nitrogen and oxygen atoms in total. The smallest absolute Gasteiger partial charge is 0.335 e. The highest BCUT2D eigenvalue weighted by atomic mass is 19.1. The van der Waals surface area contributed by atoms with Crippen LogP contribution in [-0.2, 0) is 0 Å². The van der Waals surface area contributed by atoms with Crippen molar-refractivity contribution in [3.05, 3.63) is 86.3 Å². The number of aromatic nitrogens is 2. The minimum absolute atomic E-state index is 0.0832. The third-order valence-corrected chi connectivity index (χ3v) is 4.37. The number of allylic oxidation sites excluding steroid dienone is 1. The maximum Gasteiger partial charge on any atom is 0.335 e. The molecular weight excluding hydrogens is 349 g/mol. The molecule has 4 rings (SSSR count). The summed E-state index contributed by atoms with van der Waals surface area (Å²) in [5.41, 5.74) is 1.57. The van der Waals surface area contributed by atoms with E-state index < -0.39 is 22.9 Å². The largest absolute Gasteiger partial charge is 0.494 e. The van der Waals surface area contributed by atoms with E-state index in [9.17, 15) is 19.1 Å². The monoisotopic (exact) mass is 363 g/mol. The van der Waals surface area contributed by atoms with Crippen molar-refractivity contribution in [1.82, 2.24) is 9.55 Å². The Balaban J connectivity index is 1.94. The van der Waals surface area contributed by atoms with Crippen molar-refractivity contribution < 1.29 is 9.50 Å². The molecule has 1 aromatic heterocycles. The fraction of sp³-hybridized carbons (Fsp3) is 0.0500. The number of benzene rings is 2. The van der Waals surface area contributed by atoms with Crippen LogP contribution in [-0.4, -0.2) is 20.4 Å². The average molecular weight is 363 g/mol. The Morgan fingerprint density at radius 1 is 1.11 bits per heavy atom. The van der Waals surface area contributed by atoms with Crippen molar-refractivity contribution >= 4 is 23.0 Å². The van der Waals surface area contributed by atoms with Gasteiger partial charge in [-0.15, -0.1) is 0 Å². The zero-order valence-electron chi connectivity index (χ0n) is 14.2. The number of aliphatic imine (C=N–C) groups is 1. The molecule has 2 aromatic carbocycles. The van der Waals surface area contributed by atoms with Crippen molar-refractivity contribution in [2.45, 2.75) is 6.92 Å². The summed E-state index contributed by atoms with van der Waals surface area (Å²) in [5, 5.41) is 10.6. The van der Waals surface area contributed by atoms with Gasteiger partial charge in [0.25, 0.3) is 5.56 Å². The van der Waals surface area contributed by atoms with E-state index in [2.05, 4.69) is 9.98 Å². The standard InChI is InChI=1S/C20H14FN3O3/c1-11-15(14-4-2-3-5-17(14)22-11)10-16-18(25)23-20(27)24(19(16)26)13-8-6-12(21)7-9-13/h2-10,26H,1H3,(H,23,25,27). The molecule has 0 unspecified atom stereocenters. The second kappa shape index (κ2) is 6.21. The molecule has 0 bridgehead atoms. The number of hydrogen-bond donors (Lipinski definition) is 2. The van der Waals surface area contributed by atoms with Crippen LogP contribution < -0.4 is 11.2 Å². The molecule has 0 radical (unpaired) electrons. The number of nitrogens with zero attached hydrogens (tertiary/aromatic N) is 2. The van der Waals surface area contributed by atoms with Gasteiger partial charge in [0, 0.05) is 16.8 Å². The molecule has 27 heavy (non-hydrogen) atoms. The van der Waals surface area contributed by atoms with Gasteiger partial charge < -0.3 is 5.11 Å². The summed E-state index contributed by atoms with van der Waals surface area (Å²) >= 11 is 0. The van der Waals surface area contributed by atoms with Gasteiger partial charge in [0.1, 0.15) is 11.4 Å². The molecule has 0 saturated carbocycles. The Kier molecular flexibility index (Phi) is 3.84. The second-order valence-corrected chi connectivity index (χ2v) is 6.08. The predicted molar refractivity (Wildman–Crippen MR) is 101 cm³/mol. The Morgan fingerprint density at radius 2 is 1.81 bits per heavy atom. The molecule has 0 spiro atoms. The molecular formula is C20H14FN3O3. The molecule has 0 fully saturated rings. The number of H-pyrrole nitrogens is 1. The number of fused-ring (bicyclic) bond motifs is 1. The van der Waals surface area contributed by atoms with Crippen LogP contribution in [0, 0.1) is 5.82 Å². The lowest BCUT2D eigenvalue weighted by Gasteiger charge is -2.10. The Hall–Kier alpha value is -3.74. The van der Waals surface area contributed by atoms with E-state index in [1.54, 1.807) is 6.92 Å². The highest BCUT2D eigenvalue weighted by Gasteiger charge is 2.20. The van der Waals surface area contributed by atoms with Crippen molar-refractivity contribution in [1.29, 1.82) is 0 Å². The first-order valence-electron chi connectivity index (χ1n) is 8.16. The lowest BCUT2D eigenvalue weighted by Crippen LogP contribution is -2.30. The molecule has 2 N–H and O–H groups in total. The predicted octanol–water partition coefficient (Wildman–Crippen LogP) is 3.02. The number of para-hydroxylation sites is 1.